The third-order valence-corrected chi connectivity index (χ3v) is 3.16. The van der Waals surface area contributed by atoms with Gasteiger partial charge in [-0.3, -0.25) is 4.79 Å². The standard InChI is InChI=1S/C13H16O4/c14-11-5-1-3-9(7-11)12(13(15)16)10-4-2-6-17-8-10/h1,3,5,7,10,12,14H,2,4,6,8H2,(H,15,16). The molecule has 4 heteroatoms. The molecule has 2 unspecified atom stereocenters. The van der Waals surface area contributed by atoms with Crippen LogP contribution in [-0.4, -0.2) is 29.4 Å². The van der Waals surface area contributed by atoms with Crippen molar-refractivity contribution in [3.8, 4) is 5.75 Å². The average molecular weight is 236 g/mol. The molecule has 1 saturated heterocycles. The van der Waals surface area contributed by atoms with E-state index in [-0.39, 0.29) is 11.7 Å². The number of carbonyl (C=O) groups is 1. The summed E-state index contributed by atoms with van der Waals surface area (Å²) >= 11 is 0. The van der Waals surface area contributed by atoms with Gasteiger partial charge in [0.1, 0.15) is 5.75 Å². The zero-order valence-electron chi connectivity index (χ0n) is 9.50. The van der Waals surface area contributed by atoms with Crippen LogP contribution >= 0.6 is 0 Å². The third-order valence-electron chi connectivity index (χ3n) is 3.16. The van der Waals surface area contributed by atoms with E-state index in [1.54, 1.807) is 18.2 Å². The summed E-state index contributed by atoms with van der Waals surface area (Å²) in [6.45, 7) is 1.19. The molecule has 0 spiro atoms. The number of phenolic OH excluding ortho intramolecular Hbond substituents is 1. The van der Waals surface area contributed by atoms with E-state index in [0.29, 0.717) is 18.8 Å². The van der Waals surface area contributed by atoms with Crippen molar-refractivity contribution in [2.24, 2.45) is 5.92 Å². The van der Waals surface area contributed by atoms with Crippen LogP contribution in [0.3, 0.4) is 0 Å². The number of phenols is 1. The molecule has 92 valence electrons. The lowest BCUT2D eigenvalue weighted by molar-refractivity contribution is -0.141. The van der Waals surface area contributed by atoms with Gasteiger partial charge in [0, 0.05) is 6.61 Å². The Morgan fingerprint density at radius 2 is 2.29 bits per heavy atom. The van der Waals surface area contributed by atoms with E-state index < -0.39 is 11.9 Å². The van der Waals surface area contributed by atoms with E-state index in [0.717, 1.165) is 12.8 Å². The van der Waals surface area contributed by atoms with Crippen LogP contribution in [0.2, 0.25) is 0 Å². The molecule has 4 nitrogen and oxygen atoms in total. The average Bonchev–Trinajstić information content (AvgIpc) is 2.30. The van der Waals surface area contributed by atoms with Gasteiger partial charge >= 0.3 is 5.97 Å². The number of aromatic hydroxyl groups is 1. The highest BCUT2D eigenvalue weighted by atomic mass is 16.5. The van der Waals surface area contributed by atoms with Crippen LogP contribution < -0.4 is 0 Å². The molecule has 1 aliphatic heterocycles. The number of benzene rings is 1. The number of hydrogen-bond acceptors (Lipinski definition) is 3. The highest BCUT2D eigenvalue weighted by Gasteiger charge is 2.31. The van der Waals surface area contributed by atoms with Gasteiger partial charge in [-0.25, -0.2) is 0 Å². The third kappa shape index (κ3) is 2.77. The SMILES string of the molecule is O=C(O)C(c1cccc(O)c1)C1CCCOC1. The van der Waals surface area contributed by atoms with E-state index in [1.807, 2.05) is 0 Å². The highest BCUT2D eigenvalue weighted by molar-refractivity contribution is 5.76. The Hall–Kier alpha value is -1.55. The summed E-state index contributed by atoms with van der Waals surface area (Å²) in [5.74, 6) is -1.36. The number of rotatable bonds is 3. The first-order valence-corrected chi connectivity index (χ1v) is 5.78. The Balaban J connectivity index is 2.25. The zero-order chi connectivity index (χ0) is 12.3. The van der Waals surface area contributed by atoms with Gasteiger partial charge in [-0.15, -0.1) is 0 Å². The van der Waals surface area contributed by atoms with Gasteiger partial charge in [-0.05, 0) is 36.5 Å². The van der Waals surface area contributed by atoms with E-state index in [4.69, 9.17) is 4.74 Å². The minimum Gasteiger partial charge on any atom is -0.508 e. The van der Waals surface area contributed by atoms with Crippen LogP contribution in [0.5, 0.6) is 5.75 Å². The highest BCUT2D eigenvalue weighted by Crippen LogP contribution is 2.32. The van der Waals surface area contributed by atoms with Gasteiger partial charge in [0.2, 0.25) is 0 Å². The Bertz CT molecular complexity index is 396. The lowest BCUT2D eigenvalue weighted by Crippen LogP contribution is -2.28. The van der Waals surface area contributed by atoms with Crippen molar-refractivity contribution < 1.29 is 19.7 Å². The molecule has 0 amide bonds. The summed E-state index contributed by atoms with van der Waals surface area (Å²) in [4.78, 5) is 11.4. The van der Waals surface area contributed by atoms with Crippen LogP contribution in [0.1, 0.15) is 24.3 Å². The molecule has 0 radical (unpaired) electrons. The van der Waals surface area contributed by atoms with E-state index in [9.17, 15) is 15.0 Å². The lowest BCUT2D eigenvalue weighted by atomic mass is 9.83. The zero-order valence-corrected chi connectivity index (χ0v) is 9.50. The van der Waals surface area contributed by atoms with Crippen molar-refractivity contribution in [2.75, 3.05) is 13.2 Å². The van der Waals surface area contributed by atoms with Crippen molar-refractivity contribution in [1.29, 1.82) is 0 Å². The maximum absolute atomic E-state index is 11.4. The monoisotopic (exact) mass is 236 g/mol. The summed E-state index contributed by atoms with van der Waals surface area (Å²) in [6.07, 6.45) is 1.75. The van der Waals surface area contributed by atoms with E-state index in [2.05, 4.69) is 0 Å². The Morgan fingerprint density at radius 3 is 2.88 bits per heavy atom. The molecule has 2 rings (SSSR count). The van der Waals surface area contributed by atoms with Gasteiger partial charge < -0.3 is 14.9 Å². The molecule has 1 heterocycles. The molecular weight excluding hydrogens is 220 g/mol. The largest absolute Gasteiger partial charge is 0.508 e. The summed E-state index contributed by atoms with van der Waals surface area (Å²) in [5.41, 5.74) is 0.646. The Kier molecular flexibility index (Phi) is 3.64. The van der Waals surface area contributed by atoms with Crippen LogP contribution in [-0.2, 0) is 9.53 Å². The molecular formula is C13H16O4. The maximum Gasteiger partial charge on any atom is 0.311 e. The normalized spacial score (nSPS) is 22.0. The van der Waals surface area contributed by atoms with Gasteiger partial charge in [-0.2, -0.15) is 0 Å². The minimum atomic E-state index is -0.855. The molecule has 1 aromatic carbocycles. The van der Waals surface area contributed by atoms with Gasteiger partial charge in [0.25, 0.3) is 0 Å². The second-order valence-corrected chi connectivity index (χ2v) is 4.39. The number of hydrogen-bond donors (Lipinski definition) is 2. The second kappa shape index (κ2) is 5.19. The molecule has 1 aromatic rings. The molecule has 0 saturated carbocycles. The fourth-order valence-electron chi connectivity index (χ4n) is 2.36. The molecule has 0 bridgehead atoms. The van der Waals surface area contributed by atoms with E-state index in [1.165, 1.54) is 6.07 Å². The number of carboxylic acids is 1. The van der Waals surface area contributed by atoms with Gasteiger partial charge in [0.05, 0.1) is 12.5 Å². The summed E-state index contributed by atoms with van der Waals surface area (Å²) in [5, 5.41) is 18.8. The fourth-order valence-corrected chi connectivity index (χ4v) is 2.36. The summed E-state index contributed by atoms with van der Waals surface area (Å²) in [7, 11) is 0. The lowest BCUT2D eigenvalue weighted by Gasteiger charge is -2.27. The quantitative estimate of drug-likeness (QED) is 0.842. The van der Waals surface area contributed by atoms with E-state index >= 15 is 0 Å². The van der Waals surface area contributed by atoms with Gasteiger partial charge in [-0.1, -0.05) is 12.1 Å². The molecule has 1 fully saturated rings. The predicted molar refractivity (Wildman–Crippen MR) is 62.0 cm³/mol. The summed E-state index contributed by atoms with van der Waals surface area (Å²) < 4.78 is 5.34. The smallest absolute Gasteiger partial charge is 0.311 e. The van der Waals surface area contributed by atoms with Crippen LogP contribution in [0.4, 0.5) is 0 Å². The molecule has 2 atom stereocenters. The first-order chi connectivity index (χ1) is 8.18. The van der Waals surface area contributed by atoms with Crippen LogP contribution in [0.15, 0.2) is 24.3 Å². The Labute approximate surface area is 99.8 Å². The maximum atomic E-state index is 11.4. The van der Waals surface area contributed by atoms with Crippen LogP contribution in [0, 0.1) is 5.92 Å². The first-order valence-electron chi connectivity index (χ1n) is 5.78. The second-order valence-electron chi connectivity index (χ2n) is 4.39. The number of ether oxygens (including phenoxy) is 1. The molecule has 2 N–H and O–H groups in total. The van der Waals surface area contributed by atoms with Crippen molar-refractivity contribution in [1.82, 2.24) is 0 Å². The Morgan fingerprint density at radius 1 is 1.47 bits per heavy atom. The summed E-state index contributed by atoms with van der Waals surface area (Å²) in [6, 6.07) is 6.48. The molecule has 1 aliphatic rings. The number of carboxylic acid groups (broad SMARTS) is 1. The van der Waals surface area contributed by atoms with Crippen LogP contribution in [0.25, 0.3) is 0 Å². The minimum absolute atomic E-state index is 0.0111. The number of aliphatic carboxylic acids is 1. The van der Waals surface area contributed by atoms with Crippen molar-refractivity contribution in [2.45, 2.75) is 18.8 Å². The molecule has 0 aromatic heterocycles. The predicted octanol–water partition coefficient (Wildman–Crippen LogP) is 1.99. The first kappa shape index (κ1) is 11.9. The molecule has 17 heavy (non-hydrogen) atoms. The molecule has 0 aliphatic carbocycles. The van der Waals surface area contributed by atoms with Crippen molar-refractivity contribution in [3.05, 3.63) is 29.8 Å². The van der Waals surface area contributed by atoms with Gasteiger partial charge in [0.15, 0.2) is 0 Å². The fraction of sp³-hybridized carbons (Fsp3) is 0.462. The van der Waals surface area contributed by atoms with Crippen molar-refractivity contribution in [3.63, 3.8) is 0 Å². The topological polar surface area (TPSA) is 66.8 Å². The van der Waals surface area contributed by atoms with Crippen molar-refractivity contribution >= 4 is 5.97 Å².